The lowest BCUT2D eigenvalue weighted by molar-refractivity contribution is -0.124. The van der Waals surface area contributed by atoms with Crippen LogP contribution in [0.3, 0.4) is 0 Å². The summed E-state index contributed by atoms with van der Waals surface area (Å²) in [4.78, 5) is 31.0. The third-order valence-corrected chi connectivity index (χ3v) is 4.48. The molecule has 3 aromatic rings. The van der Waals surface area contributed by atoms with Crippen LogP contribution in [0.2, 0.25) is 5.15 Å². The molecule has 5 nitrogen and oxygen atoms in total. The molecule has 6 heteroatoms. The fourth-order valence-electron chi connectivity index (χ4n) is 2.70. The van der Waals surface area contributed by atoms with E-state index in [0.717, 1.165) is 16.5 Å². The van der Waals surface area contributed by atoms with Gasteiger partial charge in [-0.25, -0.2) is 4.98 Å². The van der Waals surface area contributed by atoms with Crippen LogP contribution in [-0.2, 0) is 4.79 Å². The van der Waals surface area contributed by atoms with Gasteiger partial charge >= 0.3 is 0 Å². The Kier molecular flexibility index (Phi) is 5.76. The number of halogens is 1. The number of rotatable bonds is 4. The highest BCUT2D eigenvalue weighted by atomic mass is 35.5. The predicted octanol–water partition coefficient (Wildman–Crippen LogP) is 4.06. The zero-order valence-electron chi connectivity index (χ0n) is 15.9. The zero-order chi connectivity index (χ0) is 20.3. The Morgan fingerprint density at radius 1 is 1.07 bits per heavy atom. The Hall–Kier alpha value is -3.18. The molecule has 0 spiro atoms. The lowest BCUT2D eigenvalue weighted by Crippen LogP contribution is -2.34. The zero-order valence-corrected chi connectivity index (χ0v) is 16.6. The van der Waals surface area contributed by atoms with Crippen molar-refractivity contribution in [1.29, 1.82) is 0 Å². The number of aryl methyl sites for hydroxylation is 1. The van der Waals surface area contributed by atoms with Gasteiger partial charge in [-0.3, -0.25) is 9.59 Å². The maximum absolute atomic E-state index is 12.6. The van der Waals surface area contributed by atoms with Crippen LogP contribution in [0.4, 0.5) is 0 Å². The Morgan fingerprint density at radius 3 is 2.46 bits per heavy atom. The summed E-state index contributed by atoms with van der Waals surface area (Å²) in [6.45, 7) is 1.98. The molecule has 0 atom stereocenters. The summed E-state index contributed by atoms with van der Waals surface area (Å²) in [5.41, 5.74) is 2.98. The smallest absolute Gasteiger partial charge is 0.269 e. The van der Waals surface area contributed by atoms with Crippen molar-refractivity contribution in [2.45, 2.75) is 6.92 Å². The number of aromatic nitrogens is 1. The van der Waals surface area contributed by atoms with Crippen molar-refractivity contribution < 1.29 is 9.59 Å². The van der Waals surface area contributed by atoms with Gasteiger partial charge in [0.2, 0.25) is 0 Å². The minimum atomic E-state index is -0.373. The van der Waals surface area contributed by atoms with Gasteiger partial charge in [-0.05, 0) is 42.8 Å². The Morgan fingerprint density at radius 2 is 1.79 bits per heavy atom. The van der Waals surface area contributed by atoms with Gasteiger partial charge in [0.05, 0.1) is 5.52 Å². The highest BCUT2D eigenvalue weighted by Gasteiger charge is 2.17. The first-order chi connectivity index (χ1) is 13.3. The van der Waals surface area contributed by atoms with Gasteiger partial charge < -0.3 is 10.2 Å². The number of pyridine rings is 1. The first-order valence-electron chi connectivity index (χ1n) is 8.72. The highest BCUT2D eigenvalue weighted by Crippen LogP contribution is 2.23. The van der Waals surface area contributed by atoms with Crippen LogP contribution in [0.5, 0.6) is 0 Å². The van der Waals surface area contributed by atoms with E-state index >= 15 is 0 Å². The van der Waals surface area contributed by atoms with Crippen molar-refractivity contribution in [1.82, 2.24) is 15.2 Å². The number of fused-ring (bicyclic) bond motifs is 1. The molecule has 0 radical (unpaired) electrons. The molecule has 0 aliphatic carbocycles. The van der Waals surface area contributed by atoms with Gasteiger partial charge in [-0.1, -0.05) is 41.9 Å². The number of nitrogens with one attached hydrogen (secondary N) is 1. The lowest BCUT2D eigenvalue weighted by atomic mass is 10.1. The largest absolute Gasteiger partial charge is 0.344 e. The summed E-state index contributed by atoms with van der Waals surface area (Å²) >= 11 is 6.34. The van der Waals surface area contributed by atoms with E-state index < -0.39 is 0 Å². The number of carbonyl (C=O) groups excluding carboxylic acids is 2. The normalized spacial score (nSPS) is 11.4. The number of amides is 2. The van der Waals surface area contributed by atoms with Gasteiger partial charge in [0.25, 0.3) is 11.8 Å². The molecule has 2 aromatic carbocycles. The van der Waals surface area contributed by atoms with E-state index in [1.807, 2.05) is 37.3 Å². The fraction of sp³-hybridized carbons (Fsp3) is 0.136. The minimum absolute atomic E-state index is 0.119. The van der Waals surface area contributed by atoms with E-state index in [1.165, 1.54) is 4.90 Å². The molecule has 0 unspecified atom stereocenters. The Balaban J connectivity index is 2.02. The predicted molar refractivity (Wildman–Crippen MR) is 112 cm³/mol. The second kappa shape index (κ2) is 8.23. The van der Waals surface area contributed by atoms with Crippen molar-refractivity contribution >= 4 is 40.4 Å². The van der Waals surface area contributed by atoms with Gasteiger partial charge in [-0.15, -0.1) is 0 Å². The molecule has 0 fully saturated rings. The molecule has 1 aromatic heterocycles. The fourth-order valence-corrected chi connectivity index (χ4v) is 2.90. The third-order valence-electron chi connectivity index (χ3n) is 4.17. The van der Waals surface area contributed by atoms with Crippen molar-refractivity contribution in [3.05, 3.63) is 82.1 Å². The quantitative estimate of drug-likeness (QED) is 0.537. The van der Waals surface area contributed by atoms with E-state index in [0.29, 0.717) is 11.1 Å². The topological polar surface area (TPSA) is 62.3 Å². The number of likely N-dealkylation sites (N-methyl/N-ethyl adjacent to an activating group) is 1. The summed E-state index contributed by atoms with van der Waals surface area (Å²) in [7, 11) is 3.24. The third kappa shape index (κ3) is 4.38. The molecule has 0 aliphatic heterocycles. The average molecular weight is 394 g/mol. The summed E-state index contributed by atoms with van der Waals surface area (Å²) in [5.74, 6) is -0.716. The van der Waals surface area contributed by atoms with Crippen molar-refractivity contribution in [3.63, 3.8) is 0 Å². The first-order valence-corrected chi connectivity index (χ1v) is 9.09. The van der Waals surface area contributed by atoms with E-state index in [1.54, 1.807) is 44.4 Å². The molecule has 0 saturated heterocycles. The number of benzene rings is 2. The Labute approximate surface area is 168 Å². The molecule has 0 bridgehead atoms. The molecule has 2 amide bonds. The molecule has 0 saturated carbocycles. The second-order valence-corrected chi connectivity index (χ2v) is 7.00. The molecule has 28 heavy (non-hydrogen) atoms. The van der Waals surface area contributed by atoms with Gasteiger partial charge in [0, 0.05) is 30.6 Å². The van der Waals surface area contributed by atoms with Crippen LogP contribution in [-0.4, -0.2) is 35.8 Å². The monoisotopic (exact) mass is 393 g/mol. The van der Waals surface area contributed by atoms with E-state index in [2.05, 4.69) is 10.3 Å². The number of carbonyl (C=O) groups is 2. The maximum Gasteiger partial charge on any atom is 0.269 e. The van der Waals surface area contributed by atoms with Crippen LogP contribution >= 0.6 is 11.6 Å². The first kappa shape index (κ1) is 19.6. The number of nitrogens with zero attached hydrogens (tertiary/aromatic N) is 2. The second-order valence-electron chi connectivity index (χ2n) is 6.64. The van der Waals surface area contributed by atoms with E-state index in [-0.39, 0.29) is 22.7 Å². The van der Waals surface area contributed by atoms with Crippen LogP contribution in [0.25, 0.3) is 17.0 Å². The molecule has 142 valence electrons. The van der Waals surface area contributed by atoms with Crippen LogP contribution in [0.15, 0.2) is 60.3 Å². The standard InChI is InChI=1S/C22H20ClN3O2/c1-14-9-10-16-12-17(20(23)24-18(16)11-14)13-19(22(28)26(2)3)25-21(27)15-7-5-4-6-8-15/h4-13H,1-3H3,(H,25,27)/b19-13-. The minimum Gasteiger partial charge on any atom is -0.344 e. The summed E-state index contributed by atoms with van der Waals surface area (Å²) < 4.78 is 0. The van der Waals surface area contributed by atoms with E-state index in [4.69, 9.17) is 11.6 Å². The molecule has 1 heterocycles. The van der Waals surface area contributed by atoms with Gasteiger partial charge in [0.1, 0.15) is 10.9 Å². The molecule has 1 N–H and O–H groups in total. The average Bonchev–Trinajstić information content (AvgIpc) is 2.68. The van der Waals surface area contributed by atoms with Crippen molar-refractivity contribution in [3.8, 4) is 0 Å². The van der Waals surface area contributed by atoms with Gasteiger partial charge in [-0.2, -0.15) is 0 Å². The van der Waals surface area contributed by atoms with Crippen molar-refractivity contribution in [2.24, 2.45) is 0 Å². The summed E-state index contributed by atoms with van der Waals surface area (Å²) in [6.07, 6.45) is 1.55. The number of hydrogen-bond acceptors (Lipinski definition) is 3. The number of hydrogen-bond donors (Lipinski definition) is 1. The van der Waals surface area contributed by atoms with Crippen LogP contribution in [0.1, 0.15) is 21.5 Å². The summed E-state index contributed by atoms with van der Waals surface area (Å²) in [5, 5.41) is 3.85. The Bertz CT molecular complexity index is 1080. The van der Waals surface area contributed by atoms with Gasteiger partial charge in [0.15, 0.2) is 0 Å². The maximum atomic E-state index is 12.6. The molecular weight excluding hydrogens is 374 g/mol. The van der Waals surface area contributed by atoms with Crippen LogP contribution < -0.4 is 5.32 Å². The van der Waals surface area contributed by atoms with Crippen LogP contribution in [0, 0.1) is 6.92 Å². The molecule has 0 aliphatic rings. The summed E-state index contributed by atoms with van der Waals surface area (Å²) in [6, 6.07) is 16.4. The lowest BCUT2D eigenvalue weighted by Gasteiger charge is -2.15. The van der Waals surface area contributed by atoms with Crippen molar-refractivity contribution in [2.75, 3.05) is 14.1 Å². The molecular formula is C22H20ClN3O2. The SMILES string of the molecule is Cc1ccc2cc(/C=C(\NC(=O)c3ccccc3)C(=O)N(C)C)c(Cl)nc2c1. The molecule has 3 rings (SSSR count). The van der Waals surface area contributed by atoms with E-state index in [9.17, 15) is 9.59 Å². The highest BCUT2D eigenvalue weighted by molar-refractivity contribution is 6.31.